The number of hydrogen-bond donors (Lipinski definition) is 1. The van der Waals surface area contributed by atoms with Crippen LogP contribution in [0.1, 0.15) is 24.1 Å². The summed E-state index contributed by atoms with van der Waals surface area (Å²) in [5.74, 6) is -0.247. The molecule has 2 rings (SSSR count). The molecule has 0 heterocycles. The first-order valence-electron chi connectivity index (χ1n) is 6.39. The molecule has 0 radical (unpaired) electrons. The number of methoxy groups -OCH3 is 1. The molecule has 1 N–H and O–H groups in total. The van der Waals surface area contributed by atoms with Crippen molar-refractivity contribution >= 4 is 21.6 Å². The Hall–Kier alpha value is -1.39. The van der Waals surface area contributed by atoms with Crippen LogP contribution in [-0.2, 0) is 11.3 Å². The summed E-state index contributed by atoms with van der Waals surface area (Å²) in [7, 11) is 1.68. The van der Waals surface area contributed by atoms with E-state index in [1.165, 1.54) is 6.07 Å². The van der Waals surface area contributed by atoms with Gasteiger partial charge in [-0.1, -0.05) is 18.2 Å². The van der Waals surface area contributed by atoms with E-state index >= 15 is 0 Å². The van der Waals surface area contributed by atoms with Crippen molar-refractivity contribution in [2.24, 2.45) is 0 Å². The number of rotatable bonds is 5. The second kappa shape index (κ2) is 6.86. The van der Waals surface area contributed by atoms with Gasteiger partial charge in [0.1, 0.15) is 5.82 Å². The molecule has 0 saturated carbocycles. The summed E-state index contributed by atoms with van der Waals surface area (Å²) in [6, 6.07) is 13.2. The summed E-state index contributed by atoms with van der Waals surface area (Å²) >= 11 is 3.21. The van der Waals surface area contributed by atoms with E-state index in [1.807, 2.05) is 25.1 Å². The Morgan fingerprint density at radius 1 is 1.25 bits per heavy atom. The fourth-order valence-electron chi connectivity index (χ4n) is 2.03. The Balaban J connectivity index is 2.12. The van der Waals surface area contributed by atoms with Gasteiger partial charge < -0.3 is 10.1 Å². The minimum atomic E-state index is -0.247. The highest BCUT2D eigenvalue weighted by atomic mass is 79.9. The first-order chi connectivity index (χ1) is 9.60. The Morgan fingerprint density at radius 2 is 2.05 bits per heavy atom. The van der Waals surface area contributed by atoms with Crippen LogP contribution >= 0.6 is 15.9 Å². The molecule has 0 aliphatic rings. The number of hydrogen-bond acceptors (Lipinski definition) is 2. The van der Waals surface area contributed by atoms with E-state index in [9.17, 15) is 4.39 Å². The van der Waals surface area contributed by atoms with Gasteiger partial charge in [-0.05, 0) is 58.2 Å². The van der Waals surface area contributed by atoms with Gasteiger partial charge in [-0.25, -0.2) is 4.39 Å². The lowest BCUT2D eigenvalue weighted by Crippen LogP contribution is -2.07. The fourth-order valence-corrected chi connectivity index (χ4v) is 2.43. The third-order valence-electron chi connectivity index (χ3n) is 3.06. The molecule has 0 aliphatic carbocycles. The number of nitrogens with one attached hydrogen (secondary N) is 1. The van der Waals surface area contributed by atoms with Crippen LogP contribution in [0, 0.1) is 5.82 Å². The summed E-state index contributed by atoms with van der Waals surface area (Å²) in [5, 5.41) is 3.40. The molecule has 2 aromatic rings. The number of anilines is 1. The standard InChI is InChI=1S/C16H17BrFNO/c1-11(13-6-7-16(18)15(17)9-13)19-14-5-3-4-12(8-14)10-20-2/h3-9,11,19H,10H2,1-2H3. The lowest BCUT2D eigenvalue weighted by atomic mass is 10.1. The topological polar surface area (TPSA) is 21.3 Å². The molecule has 20 heavy (non-hydrogen) atoms. The molecule has 0 aromatic heterocycles. The SMILES string of the molecule is COCc1cccc(NC(C)c2ccc(F)c(Br)c2)c1. The van der Waals surface area contributed by atoms with Crippen LogP contribution in [-0.4, -0.2) is 7.11 Å². The van der Waals surface area contributed by atoms with Crippen LogP contribution in [0.4, 0.5) is 10.1 Å². The quantitative estimate of drug-likeness (QED) is 0.837. The minimum absolute atomic E-state index is 0.0877. The zero-order valence-corrected chi connectivity index (χ0v) is 13.1. The van der Waals surface area contributed by atoms with Crippen LogP contribution in [0.5, 0.6) is 0 Å². The van der Waals surface area contributed by atoms with E-state index < -0.39 is 0 Å². The third kappa shape index (κ3) is 3.81. The molecule has 2 nitrogen and oxygen atoms in total. The molecule has 0 aliphatic heterocycles. The molecule has 2 aromatic carbocycles. The third-order valence-corrected chi connectivity index (χ3v) is 3.67. The number of ether oxygens (including phenoxy) is 1. The second-order valence-electron chi connectivity index (χ2n) is 4.67. The second-order valence-corrected chi connectivity index (χ2v) is 5.53. The molecular weight excluding hydrogens is 321 g/mol. The van der Waals surface area contributed by atoms with Gasteiger partial charge in [-0.3, -0.25) is 0 Å². The Labute approximate surface area is 127 Å². The smallest absolute Gasteiger partial charge is 0.137 e. The van der Waals surface area contributed by atoms with Crippen molar-refractivity contribution in [3.63, 3.8) is 0 Å². The molecule has 0 saturated heterocycles. The summed E-state index contributed by atoms with van der Waals surface area (Å²) in [5.41, 5.74) is 3.16. The first kappa shape index (κ1) is 15.0. The van der Waals surface area contributed by atoms with Gasteiger partial charge in [0.05, 0.1) is 11.1 Å². The number of benzene rings is 2. The van der Waals surface area contributed by atoms with Gasteiger partial charge in [0.25, 0.3) is 0 Å². The molecule has 106 valence electrons. The predicted molar refractivity (Wildman–Crippen MR) is 83.3 cm³/mol. The van der Waals surface area contributed by atoms with Crippen molar-refractivity contribution in [2.75, 3.05) is 12.4 Å². The molecule has 4 heteroatoms. The van der Waals surface area contributed by atoms with Gasteiger partial charge >= 0.3 is 0 Å². The van der Waals surface area contributed by atoms with Crippen LogP contribution in [0.2, 0.25) is 0 Å². The molecule has 0 spiro atoms. The van der Waals surface area contributed by atoms with Gasteiger partial charge in [0, 0.05) is 18.8 Å². The highest BCUT2D eigenvalue weighted by Crippen LogP contribution is 2.24. The molecule has 1 unspecified atom stereocenters. The van der Waals surface area contributed by atoms with Gasteiger partial charge in [-0.2, -0.15) is 0 Å². The van der Waals surface area contributed by atoms with Gasteiger partial charge in [-0.15, -0.1) is 0 Å². The van der Waals surface area contributed by atoms with Gasteiger partial charge in [0.2, 0.25) is 0 Å². The maximum atomic E-state index is 13.2. The van der Waals surface area contributed by atoms with Crippen molar-refractivity contribution in [1.82, 2.24) is 0 Å². The predicted octanol–water partition coefficient (Wildman–Crippen LogP) is 4.91. The Kier molecular flexibility index (Phi) is 5.15. The normalized spacial score (nSPS) is 12.2. The monoisotopic (exact) mass is 337 g/mol. The average molecular weight is 338 g/mol. The highest BCUT2D eigenvalue weighted by Gasteiger charge is 2.08. The van der Waals surface area contributed by atoms with E-state index in [-0.39, 0.29) is 11.9 Å². The molecular formula is C16H17BrFNO. The van der Waals surface area contributed by atoms with Crippen LogP contribution < -0.4 is 5.32 Å². The first-order valence-corrected chi connectivity index (χ1v) is 7.19. The zero-order valence-electron chi connectivity index (χ0n) is 11.5. The molecule has 1 atom stereocenters. The van der Waals surface area contributed by atoms with E-state index in [1.54, 1.807) is 19.2 Å². The Bertz CT molecular complexity index is 588. The van der Waals surface area contributed by atoms with Crippen molar-refractivity contribution in [3.8, 4) is 0 Å². The lowest BCUT2D eigenvalue weighted by molar-refractivity contribution is 0.185. The summed E-state index contributed by atoms with van der Waals surface area (Å²) in [6.07, 6.45) is 0. The minimum Gasteiger partial charge on any atom is -0.380 e. The lowest BCUT2D eigenvalue weighted by Gasteiger charge is -2.17. The highest BCUT2D eigenvalue weighted by molar-refractivity contribution is 9.10. The number of halogens is 2. The van der Waals surface area contributed by atoms with Crippen molar-refractivity contribution in [2.45, 2.75) is 19.6 Å². The zero-order chi connectivity index (χ0) is 14.5. The summed E-state index contributed by atoms with van der Waals surface area (Å²) in [4.78, 5) is 0. The van der Waals surface area contributed by atoms with E-state index in [0.29, 0.717) is 11.1 Å². The molecule has 0 bridgehead atoms. The van der Waals surface area contributed by atoms with E-state index in [2.05, 4.69) is 27.3 Å². The average Bonchev–Trinajstić information content (AvgIpc) is 2.42. The Morgan fingerprint density at radius 3 is 2.75 bits per heavy atom. The van der Waals surface area contributed by atoms with Crippen molar-refractivity contribution in [1.29, 1.82) is 0 Å². The van der Waals surface area contributed by atoms with E-state index in [4.69, 9.17) is 4.74 Å². The summed E-state index contributed by atoms with van der Waals surface area (Å²) in [6.45, 7) is 2.63. The fraction of sp³-hybridized carbons (Fsp3) is 0.250. The molecule has 0 fully saturated rings. The van der Waals surface area contributed by atoms with Crippen molar-refractivity contribution < 1.29 is 9.13 Å². The van der Waals surface area contributed by atoms with Crippen LogP contribution in [0.25, 0.3) is 0 Å². The maximum absolute atomic E-state index is 13.2. The van der Waals surface area contributed by atoms with E-state index in [0.717, 1.165) is 16.8 Å². The molecule has 0 amide bonds. The van der Waals surface area contributed by atoms with Crippen molar-refractivity contribution in [3.05, 3.63) is 63.9 Å². The maximum Gasteiger partial charge on any atom is 0.137 e. The van der Waals surface area contributed by atoms with Gasteiger partial charge in [0.15, 0.2) is 0 Å². The van der Waals surface area contributed by atoms with Crippen LogP contribution in [0.3, 0.4) is 0 Å². The largest absolute Gasteiger partial charge is 0.380 e. The summed E-state index contributed by atoms with van der Waals surface area (Å²) < 4.78 is 18.9. The van der Waals surface area contributed by atoms with Crippen LogP contribution in [0.15, 0.2) is 46.9 Å².